The van der Waals surface area contributed by atoms with Crippen LogP contribution in [0.2, 0.25) is 0 Å². The number of hydrogen-bond donors (Lipinski definition) is 1. The first-order chi connectivity index (χ1) is 32.0. The number of esters is 1. The molecule has 3 aromatic carbocycles. The Morgan fingerprint density at radius 1 is 0.338 bits per heavy atom. The number of carbonyl (C=O) groups is 3. The first kappa shape index (κ1) is 55.1. The normalized spacial score (nSPS) is 11.5. The molecule has 0 saturated heterocycles. The Balaban J connectivity index is 0.991. The first-order valence-corrected chi connectivity index (χ1v) is 22.1. The van der Waals surface area contributed by atoms with Crippen LogP contribution in [-0.4, -0.2) is 181 Å². The fourth-order valence-corrected chi connectivity index (χ4v) is 5.93. The Hall–Kier alpha value is -4.21. The van der Waals surface area contributed by atoms with Gasteiger partial charge in [0, 0.05) is 6.42 Å². The third kappa shape index (κ3) is 25.9. The number of hydrogen-bond acceptors (Lipinski definition) is 16. The van der Waals surface area contributed by atoms with E-state index in [1.54, 1.807) is 0 Å². The molecule has 0 unspecified atom stereocenters. The molecule has 0 aliphatic carbocycles. The maximum absolute atomic E-state index is 11.4. The lowest BCUT2D eigenvalue weighted by Crippen LogP contribution is -2.34. The lowest BCUT2D eigenvalue weighted by Gasteiger charge is -2.36. The van der Waals surface area contributed by atoms with Crippen molar-refractivity contribution in [3.8, 4) is 0 Å². The van der Waals surface area contributed by atoms with Gasteiger partial charge in [0.25, 0.3) is 0 Å². The summed E-state index contributed by atoms with van der Waals surface area (Å²) < 4.78 is 72.3. The predicted octanol–water partition coefficient (Wildman–Crippen LogP) is 4.15. The summed E-state index contributed by atoms with van der Waals surface area (Å²) in [5.74, 6) is -3.25. The molecule has 0 radical (unpaired) electrons. The number of carbonyl (C=O) groups excluding carboxylic acids is 2. The van der Waals surface area contributed by atoms with Gasteiger partial charge < -0.3 is 66.7 Å². The van der Waals surface area contributed by atoms with Crippen molar-refractivity contribution in [3.05, 3.63) is 108 Å². The molecule has 3 aromatic rings. The van der Waals surface area contributed by atoms with Crippen LogP contribution in [0.1, 0.15) is 29.5 Å². The zero-order valence-electron chi connectivity index (χ0n) is 37.5. The summed E-state index contributed by atoms with van der Waals surface area (Å²) in [5.41, 5.74) is 2.40. The summed E-state index contributed by atoms with van der Waals surface area (Å²) in [6.45, 7) is 9.84. The number of ether oxygens (including phenoxy) is 13. The van der Waals surface area contributed by atoms with E-state index >= 15 is 0 Å². The second kappa shape index (κ2) is 38.0. The fraction of sp³-hybridized carbons (Fsp3) is 0.562. The van der Waals surface area contributed by atoms with Crippen LogP contribution in [0, 0.1) is 0 Å². The Kier molecular flexibility index (Phi) is 32.2. The van der Waals surface area contributed by atoms with Crippen molar-refractivity contribution in [2.45, 2.75) is 18.4 Å². The molecule has 0 aliphatic heterocycles. The number of rotatable bonds is 44. The van der Waals surface area contributed by atoms with Gasteiger partial charge in [-0.1, -0.05) is 91.0 Å². The average molecular weight is 917 g/mol. The van der Waals surface area contributed by atoms with Crippen LogP contribution in [0.3, 0.4) is 0 Å². The highest BCUT2D eigenvalue weighted by Gasteiger charge is 2.37. The van der Waals surface area contributed by atoms with Gasteiger partial charge in [0.05, 0.1) is 158 Å². The molecule has 0 aromatic heterocycles. The zero-order chi connectivity index (χ0) is 46.1. The van der Waals surface area contributed by atoms with Gasteiger partial charge >= 0.3 is 11.9 Å². The van der Waals surface area contributed by atoms with Crippen LogP contribution in [0.25, 0.3) is 0 Å². The van der Waals surface area contributed by atoms with Gasteiger partial charge in [-0.15, -0.1) is 0 Å². The van der Waals surface area contributed by atoms with Gasteiger partial charge in [-0.3, -0.25) is 9.59 Å². The number of carboxylic acid groups (broad SMARTS) is 1. The number of carboxylic acids is 1. The highest BCUT2D eigenvalue weighted by atomic mass is 16.6. The van der Waals surface area contributed by atoms with Gasteiger partial charge in [0.1, 0.15) is 12.2 Å². The van der Waals surface area contributed by atoms with Crippen molar-refractivity contribution < 1.29 is 81.1 Å². The first-order valence-electron chi connectivity index (χ1n) is 22.1. The van der Waals surface area contributed by atoms with E-state index in [9.17, 15) is 14.4 Å². The van der Waals surface area contributed by atoms with E-state index < -0.39 is 29.7 Å². The Morgan fingerprint density at radius 3 is 0.846 bits per heavy atom. The summed E-state index contributed by atoms with van der Waals surface area (Å²) in [7, 11) is 0. The van der Waals surface area contributed by atoms with E-state index in [1.165, 1.54) is 0 Å². The summed E-state index contributed by atoms with van der Waals surface area (Å²) in [6, 6.07) is 30.9. The molecule has 17 heteroatoms. The van der Waals surface area contributed by atoms with Gasteiger partial charge in [0.15, 0.2) is 0 Å². The zero-order valence-corrected chi connectivity index (χ0v) is 37.5. The Bertz CT molecular complexity index is 1500. The summed E-state index contributed by atoms with van der Waals surface area (Å²) in [4.78, 5) is 32.8. The van der Waals surface area contributed by atoms with E-state index in [0.29, 0.717) is 145 Å². The van der Waals surface area contributed by atoms with E-state index in [-0.39, 0.29) is 19.6 Å². The molecule has 0 aliphatic rings. The van der Waals surface area contributed by atoms with Crippen LogP contribution in [0.15, 0.2) is 91.0 Å². The lowest BCUT2D eigenvalue weighted by atomic mass is 9.80. The molecule has 3 rings (SSSR count). The summed E-state index contributed by atoms with van der Waals surface area (Å²) in [6.07, 6.45) is -0.669. The molecule has 0 fully saturated rings. The third-order valence-corrected chi connectivity index (χ3v) is 9.09. The van der Waals surface area contributed by atoms with Crippen LogP contribution in [-0.2, 0) is 81.6 Å². The molecule has 0 amide bonds. The van der Waals surface area contributed by atoms with Crippen molar-refractivity contribution in [1.29, 1.82) is 0 Å². The minimum Gasteiger partial charge on any atom is -0.476 e. The minimum atomic E-state index is -1.57. The molecule has 0 atom stereocenters. The SMILES string of the molecule is O=C(CCC(=O)C(=O)O)OCCOCCOCCOCCOCCOCCOCCOCCOCCOCCOCCOCCOC(c1ccccc1)(c1ccccc1)c1ccccc1. The highest BCUT2D eigenvalue weighted by Crippen LogP contribution is 2.40. The summed E-state index contributed by atoms with van der Waals surface area (Å²) >= 11 is 0. The van der Waals surface area contributed by atoms with Crippen molar-refractivity contribution in [3.63, 3.8) is 0 Å². The molecule has 0 bridgehead atoms. The molecule has 0 spiro atoms. The van der Waals surface area contributed by atoms with Gasteiger partial charge in [0.2, 0.25) is 5.78 Å². The average Bonchev–Trinajstić information content (AvgIpc) is 3.33. The number of aliphatic carboxylic acids is 1. The van der Waals surface area contributed by atoms with Gasteiger partial charge in [-0.05, 0) is 16.7 Å². The molecule has 65 heavy (non-hydrogen) atoms. The topological polar surface area (TPSA) is 191 Å². The molecule has 0 saturated carbocycles. The largest absolute Gasteiger partial charge is 0.476 e. The Labute approximate surface area is 382 Å². The predicted molar refractivity (Wildman–Crippen MR) is 237 cm³/mol. The highest BCUT2D eigenvalue weighted by molar-refractivity contribution is 6.32. The fourth-order valence-electron chi connectivity index (χ4n) is 5.93. The monoisotopic (exact) mass is 916 g/mol. The Morgan fingerprint density at radius 2 is 0.585 bits per heavy atom. The van der Waals surface area contributed by atoms with Gasteiger partial charge in [-0.25, -0.2) is 4.79 Å². The minimum absolute atomic E-state index is 0.00853. The van der Waals surface area contributed by atoms with Gasteiger partial charge in [-0.2, -0.15) is 0 Å². The second-order valence-electron chi connectivity index (χ2n) is 13.8. The van der Waals surface area contributed by atoms with Crippen molar-refractivity contribution in [2.75, 3.05) is 159 Å². The second-order valence-corrected chi connectivity index (χ2v) is 13.8. The number of ketones is 1. The van der Waals surface area contributed by atoms with Crippen LogP contribution in [0.5, 0.6) is 0 Å². The summed E-state index contributed by atoms with van der Waals surface area (Å²) in [5, 5.41) is 8.47. The molecule has 1 N–H and O–H groups in total. The molecule has 0 heterocycles. The standard InChI is InChI=1S/C48H68O17/c49-45(47(51)52)16-17-46(50)64-40-38-62-36-34-60-32-30-58-28-26-56-24-22-54-20-18-53-19-21-55-23-25-57-27-29-59-31-33-61-35-37-63-39-41-65-48(42-10-4-1-5-11-42,43-12-6-2-7-13-43)44-14-8-3-9-15-44/h1-15H,16-41H2,(H,51,52). The van der Waals surface area contributed by atoms with E-state index in [0.717, 1.165) is 16.7 Å². The number of Topliss-reactive ketones (excluding diaryl/α,β-unsaturated/α-hetero) is 1. The lowest BCUT2D eigenvalue weighted by molar-refractivity contribution is -0.151. The van der Waals surface area contributed by atoms with Crippen molar-refractivity contribution >= 4 is 17.7 Å². The quantitative estimate of drug-likeness (QED) is 0.0368. The van der Waals surface area contributed by atoms with Crippen LogP contribution < -0.4 is 0 Å². The third-order valence-electron chi connectivity index (χ3n) is 9.09. The van der Waals surface area contributed by atoms with Crippen LogP contribution in [0.4, 0.5) is 0 Å². The molecular formula is C48H68O17. The number of benzene rings is 3. The van der Waals surface area contributed by atoms with E-state index in [1.807, 2.05) is 54.6 Å². The molecule has 362 valence electrons. The maximum Gasteiger partial charge on any atom is 0.372 e. The maximum atomic E-state index is 11.4. The molecular weight excluding hydrogens is 849 g/mol. The molecule has 17 nitrogen and oxygen atoms in total. The van der Waals surface area contributed by atoms with Crippen LogP contribution >= 0.6 is 0 Å². The van der Waals surface area contributed by atoms with Crippen molar-refractivity contribution in [2.24, 2.45) is 0 Å². The smallest absolute Gasteiger partial charge is 0.372 e. The van der Waals surface area contributed by atoms with Crippen molar-refractivity contribution in [1.82, 2.24) is 0 Å². The van der Waals surface area contributed by atoms with E-state index in [4.69, 9.17) is 66.7 Å². The van der Waals surface area contributed by atoms with E-state index in [2.05, 4.69) is 36.4 Å².